The third kappa shape index (κ3) is 7.28. The zero-order chi connectivity index (χ0) is 13.3. The molecule has 1 heterocycles. The lowest BCUT2D eigenvalue weighted by Gasteiger charge is -2.17. The number of ether oxygens (including phenoxy) is 4. The largest absolute Gasteiger partial charge is 0.380 e. The topological polar surface area (TPSA) is 62.9 Å². The Hall–Kier alpha value is -0.200. The average Bonchev–Trinajstić information content (AvgIpc) is 2.67. The van der Waals surface area contributed by atoms with Crippen LogP contribution >= 0.6 is 0 Å². The second kappa shape index (κ2) is 8.82. The van der Waals surface area contributed by atoms with Crippen molar-refractivity contribution in [3.8, 4) is 0 Å². The number of rotatable bonds is 10. The Kier molecular flexibility index (Phi) is 7.77. The first kappa shape index (κ1) is 15.9. The van der Waals surface area contributed by atoms with E-state index in [9.17, 15) is 0 Å². The van der Waals surface area contributed by atoms with Crippen molar-refractivity contribution < 1.29 is 18.9 Å². The van der Waals surface area contributed by atoms with Crippen LogP contribution < -0.4 is 5.73 Å². The molecule has 0 amide bonds. The van der Waals surface area contributed by atoms with Gasteiger partial charge in [-0.3, -0.25) is 0 Å². The van der Waals surface area contributed by atoms with Crippen LogP contribution in [0.25, 0.3) is 0 Å². The van der Waals surface area contributed by atoms with Crippen LogP contribution in [0.4, 0.5) is 0 Å². The molecule has 1 aliphatic rings. The van der Waals surface area contributed by atoms with E-state index in [1.807, 2.05) is 13.8 Å². The molecule has 2 N–H and O–H groups in total. The van der Waals surface area contributed by atoms with Crippen LogP contribution in [0.5, 0.6) is 0 Å². The third-order valence-electron chi connectivity index (χ3n) is 2.71. The second-order valence-electron chi connectivity index (χ2n) is 4.99. The SMILES string of the molecule is CC1(C)OCC(COCCCCCOCCN)O1. The number of hydrogen-bond acceptors (Lipinski definition) is 5. The van der Waals surface area contributed by atoms with Gasteiger partial charge in [0.15, 0.2) is 5.79 Å². The van der Waals surface area contributed by atoms with Gasteiger partial charge in [0.1, 0.15) is 6.10 Å². The van der Waals surface area contributed by atoms with E-state index in [4.69, 9.17) is 24.7 Å². The van der Waals surface area contributed by atoms with E-state index >= 15 is 0 Å². The maximum Gasteiger partial charge on any atom is 0.163 e. The van der Waals surface area contributed by atoms with Gasteiger partial charge in [-0.1, -0.05) is 0 Å². The molecule has 0 spiro atoms. The van der Waals surface area contributed by atoms with E-state index in [0.29, 0.717) is 26.4 Å². The summed E-state index contributed by atoms with van der Waals surface area (Å²) in [5.74, 6) is -0.450. The molecule has 0 radical (unpaired) electrons. The summed E-state index contributed by atoms with van der Waals surface area (Å²) in [6, 6.07) is 0. The lowest BCUT2D eigenvalue weighted by molar-refractivity contribution is -0.145. The Morgan fingerprint density at radius 3 is 2.44 bits per heavy atom. The maximum atomic E-state index is 5.64. The van der Waals surface area contributed by atoms with Crippen LogP contribution in [0.1, 0.15) is 33.1 Å². The molecule has 0 saturated carbocycles. The minimum atomic E-state index is -0.450. The van der Waals surface area contributed by atoms with Crippen LogP contribution in [0.2, 0.25) is 0 Å². The van der Waals surface area contributed by atoms with Gasteiger partial charge in [0.25, 0.3) is 0 Å². The predicted molar refractivity (Wildman–Crippen MR) is 69.4 cm³/mol. The zero-order valence-corrected chi connectivity index (χ0v) is 11.7. The number of unbranched alkanes of at least 4 members (excludes halogenated alkanes) is 2. The smallest absolute Gasteiger partial charge is 0.163 e. The Morgan fingerprint density at radius 1 is 1.11 bits per heavy atom. The summed E-state index contributed by atoms with van der Waals surface area (Å²) in [6.07, 6.45) is 3.33. The molecule has 1 atom stereocenters. The molecule has 1 unspecified atom stereocenters. The van der Waals surface area contributed by atoms with Crippen LogP contribution in [0, 0.1) is 0 Å². The standard InChI is InChI=1S/C13H27NO4/c1-13(2)17-11-12(18-13)10-16-8-5-3-4-7-15-9-6-14/h12H,3-11,14H2,1-2H3. The second-order valence-corrected chi connectivity index (χ2v) is 4.99. The van der Waals surface area contributed by atoms with Crippen molar-refractivity contribution in [3.63, 3.8) is 0 Å². The van der Waals surface area contributed by atoms with Gasteiger partial charge >= 0.3 is 0 Å². The summed E-state index contributed by atoms with van der Waals surface area (Å²) in [6.45, 7) is 7.92. The molecule has 18 heavy (non-hydrogen) atoms. The molecule has 0 bridgehead atoms. The number of hydrogen-bond donors (Lipinski definition) is 1. The van der Waals surface area contributed by atoms with Crippen LogP contribution in [0.15, 0.2) is 0 Å². The summed E-state index contributed by atoms with van der Waals surface area (Å²) in [5.41, 5.74) is 5.32. The Morgan fingerprint density at radius 2 is 1.83 bits per heavy atom. The van der Waals surface area contributed by atoms with Crippen LogP contribution in [-0.4, -0.2) is 51.5 Å². The highest BCUT2D eigenvalue weighted by atomic mass is 16.7. The first-order valence-corrected chi connectivity index (χ1v) is 6.81. The maximum absolute atomic E-state index is 5.64. The Bertz CT molecular complexity index is 211. The molecule has 108 valence electrons. The fourth-order valence-electron chi connectivity index (χ4n) is 1.83. The van der Waals surface area contributed by atoms with Crippen LogP contribution in [-0.2, 0) is 18.9 Å². The van der Waals surface area contributed by atoms with Crippen molar-refractivity contribution >= 4 is 0 Å². The molecule has 0 aromatic carbocycles. The molecule has 1 saturated heterocycles. The summed E-state index contributed by atoms with van der Waals surface area (Å²) < 4.78 is 22.0. The van der Waals surface area contributed by atoms with Gasteiger partial charge in [-0.2, -0.15) is 0 Å². The van der Waals surface area contributed by atoms with Crippen molar-refractivity contribution in [1.82, 2.24) is 0 Å². The summed E-state index contributed by atoms with van der Waals surface area (Å²) in [7, 11) is 0. The molecule has 0 aromatic rings. The normalized spacial score (nSPS) is 22.5. The van der Waals surface area contributed by atoms with E-state index < -0.39 is 5.79 Å². The highest BCUT2D eigenvalue weighted by Crippen LogP contribution is 2.22. The third-order valence-corrected chi connectivity index (χ3v) is 2.71. The van der Waals surface area contributed by atoms with E-state index in [1.54, 1.807) is 0 Å². The minimum absolute atomic E-state index is 0.0767. The Balaban J connectivity index is 1.82. The quantitative estimate of drug-likeness (QED) is 0.601. The molecule has 0 aromatic heterocycles. The Labute approximate surface area is 110 Å². The first-order valence-electron chi connectivity index (χ1n) is 6.81. The highest BCUT2D eigenvalue weighted by molar-refractivity contribution is 4.70. The van der Waals surface area contributed by atoms with E-state index in [2.05, 4.69) is 0 Å². The first-order chi connectivity index (χ1) is 8.64. The minimum Gasteiger partial charge on any atom is -0.380 e. The van der Waals surface area contributed by atoms with Gasteiger partial charge < -0.3 is 24.7 Å². The molecule has 0 aliphatic carbocycles. The molecular formula is C13H27NO4. The summed E-state index contributed by atoms with van der Waals surface area (Å²) in [4.78, 5) is 0. The fourth-order valence-corrected chi connectivity index (χ4v) is 1.83. The van der Waals surface area contributed by atoms with Crippen molar-refractivity contribution in [2.75, 3.05) is 39.6 Å². The zero-order valence-electron chi connectivity index (χ0n) is 11.7. The van der Waals surface area contributed by atoms with Crippen molar-refractivity contribution in [2.24, 2.45) is 5.73 Å². The number of nitrogens with two attached hydrogens (primary N) is 1. The van der Waals surface area contributed by atoms with Gasteiger partial charge in [0.2, 0.25) is 0 Å². The average molecular weight is 261 g/mol. The molecule has 5 nitrogen and oxygen atoms in total. The highest BCUT2D eigenvalue weighted by Gasteiger charge is 2.32. The van der Waals surface area contributed by atoms with Gasteiger partial charge in [0, 0.05) is 19.8 Å². The van der Waals surface area contributed by atoms with Gasteiger partial charge in [-0.05, 0) is 33.1 Å². The van der Waals surface area contributed by atoms with E-state index in [1.165, 1.54) is 0 Å². The van der Waals surface area contributed by atoms with E-state index in [0.717, 1.165) is 32.5 Å². The molecule has 5 heteroatoms. The molecular weight excluding hydrogens is 234 g/mol. The monoisotopic (exact) mass is 261 g/mol. The van der Waals surface area contributed by atoms with Crippen molar-refractivity contribution in [3.05, 3.63) is 0 Å². The summed E-state index contributed by atoms with van der Waals surface area (Å²) >= 11 is 0. The molecule has 1 fully saturated rings. The van der Waals surface area contributed by atoms with Gasteiger partial charge in [0.05, 0.1) is 19.8 Å². The molecule has 1 aliphatic heterocycles. The lowest BCUT2D eigenvalue weighted by atomic mass is 10.2. The molecule has 1 rings (SSSR count). The predicted octanol–water partition coefficient (Wildman–Crippen LogP) is 1.30. The van der Waals surface area contributed by atoms with Gasteiger partial charge in [-0.15, -0.1) is 0 Å². The summed E-state index contributed by atoms with van der Waals surface area (Å²) in [5, 5.41) is 0. The fraction of sp³-hybridized carbons (Fsp3) is 1.00. The van der Waals surface area contributed by atoms with Crippen molar-refractivity contribution in [1.29, 1.82) is 0 Å². The van der Waals surface area contributed by atoms with E-state index in [-0.39, 0.29) is 6.10 Å². The van der Waals surface area contributed by atoms with Crippen molar-refractivity contribution in [2.45, 2.75) is 45.0 Å². The lowest BCUT2D eigenvalue weighted by Crippen LogP contribution is -2.24. The van der Waals surface area contributed by atoms with Gasteiger partial charge in [-0.25, -0.2) is 0 Å². The van der Waals surface area contributed by atoms with Crippen LogP contribution in [0.3, 0.4) is 0 Å².